The molecular weight excluding hydrogens is 342 g/mol. The normalized spacial score (nSPS) is 13.5. The van der Waals surface area contributed by atoms with Crippen LogP contribution in [0.1, 0.15) is 11.1 Å². The van der Waals surface area contributed by atoms with Crippen molar-refractivity contribution in [3.05, 3.63) is 35.4 Å². The third kappa shape index (κ3) is 4.78. The molecule has 0 aromatic heterocycles. The first-order valence-electron chi connectivity index (χ1n) is 7.90. The van der Waals surface area contributed by atoms with E-state index in [1.807, 2.05) is 80.6 Å². The quantitative estimate of drug-likeness (QED) is 0.651. The van der Waals surface area contributed by atoms with E-state index in [9.17, 15) is 9.13 Å². The zero-order valence-corrected chi connectivity index (χ0v) is 18.0. The van der Waals surface area contributed by atoms with Crippen LogP contribution < -0.4 is 0 Å². The number of hydrogen-bond acceptors (Lipinski definition) is 2. The van der Waals surface area contributed by atoms with Gasteiger partial charge < -0.3 is 0 Å². The fourth-order valence-electron chi connectivity index (χ4n) is 2.51. The number of nitrogens with zero attached hydrogens (tertiary/aromatic N) is 4. The van der Waals surface area contributed by atoms with Gasteiger partial charge in [-0.3, -0.25) is 9.13 Å². The lowest BCUT2D eigenvalue weighted by molar-refractivity contribution is 0.445. The zero-order valence-electron chi connectivity index (χ0n) is 16.2. The van der Waals surface area contributed by atoms with Gasteiger partial charge >= 0.3 is 0 Å². The first-order chi connectivity index (χ1) is 10.9. The summed E-state index contributed by atoms with van der Waals surface area (Å²) in [6.45, 7) is 0. The Bertz CT molecular complexity index is 548. The minimum atomic E-state index is -2.58. The van der Waals surface area contributed by atoms with E-state index in [1.165, 1.54) is 0 Å². The van der Waals surface area contributed by atoms with Crippen molar-refractivity contribution in [2.75, 3.05) is 56.4 Å². The summed E-state index contributed by atoms with van der Waals surface area (Å²) in [4.78, 5) is 0. The van der Waals surface area contributed by atoms with Crippen LogP contribution in [0.15, 0.2) is 24.3 Å². The lowest BCUT2D eigenvalue weighted by Crippen LogP contribution is -2.22. The van der Waals surface area contributed by atoms with Crippen LogP contribution in [-0.4, -0.2) is 75.1 Å². The molecule has 8 heteroatoms. The molecule has 0 N–H and O–H groups in total. The molecule has 0 unspecified atom stereocenters. The van der Waals surface area contributed by atoms with E-state index in [1.54, 1.807) is 18.7 Å². The van der Waals surface area contributed by atoms with E-state index in [2.05, 4.69) is 0 Å². The van der Waals surface area contributed by atoms with Crippen molar-refractivity contribution in [2.24, 2.45) is 0 Å². The van der Waals surface area contributed by atoms with Crippen LogP contribution in [0, 0.1) is 0 Å². The summed E-state index contributed by atoms with van der Waals surface area (Å²) in [6, 6.07) is 7.96. The maximum Gasteiger partial charge on any atom is 0.219 e. The van der Waals surface area contributed by atoms with Crippen LogP contribution >= 0.6 is 14.9 Å². The lowest BCUT2D eigenvalue weighted by atomic mass is 10.2. The third-order valence-electron chi connectivity index (χ3n) is 4.30. The van der Waals surface area contributed by atoms with Crippen molar-refractivity contribution >= 4 is 14.9 Å². The molecule has 0 aliphatic carbocycles. The Balaban J connectivity index is 2.98. The Hall–Kier alpha value is -0.480. The van der Waals surface area contributed by atoms with E-state index < -0.39 is 14.9 Å². The van der Waals surface area contributed by atoms with Gasteiger partial charge in [0.25, 0.3) is 0 Å². The van der Waals surface area contributed by atoms with Crippen LogP contribution in [0.25, 0.3) is 0 Å². The monoisotopic (exact) mass is 374 g/mol. The second-order valence-corrected chi connectivity index (χ2v) is 13.3. The fourth-order valence-corrected chi connectivity index (χ4v) is 6.44. The highest BCUT2D eigenvalue weighted by molar-refractivity contribution is 7.58. The molecule has 0 heterocycles. The molecule has 0 radical (unpaired) electrons. The zero-order chi connectivity index (χ0) is 18.7. The van der Waals surface area contributed by atoms with Crippen molar-refractivity contribution in [3.8, 4) is 0 Å². The van der Waals surface area contributed by atoms with Gasteiger partial charge in [-0.05, 0) is 67.5 Å². The first-order valence-corrected chi connectivity index (χ1v) is 11.5. The van der Waals surface area contributed by atoms with Crippen molar-refractivity contribution < 1.29 is 9.13 Å². The Labute approximate surface area is 147 Å². The number of rotatable bonds is 8. The van der Waals surface area contributed by atoms with Gasteiger partial charge in [-0.15, -0.1) is 0 Å². The number of hydrogen-bond donors (Lipinski definition) is 0. The molecule has 1 aromatic rings. The molecule has 0 fully saturated rings. The van der Waals surface area contributed by atoms with Crippen molar-refractivity contribution in [2.45, 2.75) is 12.3 Å². The molecule has 138 valence electrons. The summed E-state index contributed by atoms with van der Waals surface area (Å²) in [5.74, 6) is 0. The summed E-state index contributed by atoms with van der Waals surface area (Å²) in [7, 11) is 9.62. The summed E-state index contributed by atoms with van der Waals surface area (Å²) in [6.07, 6.45) is 0.985. The highest BCUT2D eigenvalue weighted by atomic mass is 31.2. The molecule has 0 amide bonds. The Morgan fingerprint density at radius 3 is 0.958 bits per heavy atom. The smallest absolute Gasteiger partial charge is 0.219 e. The van der Waals surface area contributed by atoms with Gasteiger partial charge in [0.2, 0.25) is 14.9 Å². The average Bonchev–Trinajstić information content (AvgIpc) is 2.48. The van der Waals surface area contributed by atoms with E-state index in [0.29, 0.717) is 12.3 Å². The average molecular weight is 374 g/mol. The molecule has 1 rings (SSSR count). The van der Waals surface area contributed by atoms with Crippen molar-refractivity contribution in [1.82, 2.24) is 18.7 Å². The topological polar surface area (TPSA) is 47.1 Å². The van der Waals surface area contributed by atoms with Gasteiger partial charge in [0.05, 0.1) is 12.3 Å². The van der Waals surface area contributed by atoms with Gasteiger partial charge in [-0.25, -0.2) is 18.7 Å². The Kier molecular flexibility index (Phi) is 7.43. The number of benzene rings is 1. The largest absolute Gasteiger partial charge is 0.288 e. The highest BCUT2D eigenvalue weighted by Crippen LogP contribution is 2.53. The van der Waals surface area contributed by atoms with E-state index >= 15 is 0 Å². The summed E-state index contributed by atoms with van der Waals surface area (Å²) < 4.78 is 33.3. The molecule has 0 bridgehead atoms. The summed E-state index contributed by atoms with van der Waals surface area (Å²) in [5, 5.41) is 0. The molecule has 0 aliphatic heterocycles. The fraction of sp³-hybridized carbons (Fsp3) is 0.625. The standard InChI is InChI=1S/C16H32N4O2P2/c1-17(2)23(21,18(3)4)13-15-9-11-16(12-10-15)14-24(22,19(5)6)20(7)8/h9-12H,13-14H2,1-8H3. The maximum atomic E-state index is 13.1. The lowest BCUT2D eigenvalue weighted by Gasteiger charge is -2.31. The SMILES string of the molecule is CN(C)P(=O)(Cc1ccc(CP(=O)(N(C)C)N(C)C)cc1)N(C)C. The van der Waals surface area contributed by atoms with Crippen LogP contribution in [0.5, 0.6) is 0 Å². The predicted octanol–water partition coefficient (Wildman–Crippen LogP) is 3.32. The van der Waals surface area contributed by atoms with E-state index in [4.69, 9.17) is 0 Å². The predicted molar refractivity (Wildman–Crippen MR) is 104 cm³/mol. The van der Waals surface area contributed by atoms with E-state index in [0.717, 1.165) is 11.1 Å². The van der Waals surface area contributed by atoms with Crippen LogP contribution in [0.4, 0.5) is 0 Å². The molecule has 0 spiro atoms. The molecule has 0 aliphatic rings. The second kappa shape index (κ2) is 8.27. The Morgan fingerprint density at radius 1 is 0.583 bits per heavy atom. The summed E-state index contributed by atoms with van der Waals surface area (Å²) >= 11 is 0. The van der Waals surface area contributed by atoms with Gasteiger partial charge in [-0.2, -0.15) is 0 Å². The molecule has 1 aromatic carbocycles. The molecule has 0 saturated carbocycles. The molecule has 24 heavy (non-hydrogen) atoms. The minimum Gasteiger partial charge on any atom is -0.288 e. The summed E-state index contributed by atoms with van der Waals surface area (Å²) in [5.41, 5.74) is 2.04. The van der Waals surface area contributed by atoms with E-state index in [-0.39, 0.29) is 0 Å². The maximum absolute atomic E-state index is 13.1. The van der Waals surface area contributed by atoms with Gasteiger partial charge in [0, 0.05) is 0 Å². The van der Waals surface area contributed by atoms with Crippen molar-refractivity contribution in [1.29, 1.82) is 0 Å². The second-order valence-electron chi connectivity index (χ2n) is 6.85. The van der Waals surface area contributed by atoms with Crippen LogP contribution in [0.3, 0.4) is 0 Å². The first kappa shape index (κ1) is 21.6. The molecular formula is C16H32N4O2P2. The van der Waals surface area contributed by atoms with Gasteiger partial charge in [0.15, 0.2) is 0 Å². The van der Waals surface area contributed by atoms with Crippen LogP contribution in [0.2, 0.25) is 0 Å². The van der Waals surface area contributed by atoms with Crippen molar-refractivity contribution in [3.63, 3.8) is 0 Å². The third-order valence-corrected chi connectivity index (χ3v) is 10.9. The highest BCUT2D eigenvalue weighted by Gasteiger charge is 2.29. The van der Waals surface area contributed by atoms with Crippen LogP contribution in [-0.2, 0) is 21.5 Å². The molecule has 6 nitrogen and oxygen atoms in total. The molecule has 0 atom stereocenters. The van der Waals surface area contributed by atoms with Gasteiger partial charge in [0.1, 0.15) is 0 Å². The minimum absolute atomic E-state index is 0.492. The van der Waals surface area contributed by atoms with Gasteiger partial charge in [-0.1, -0.05) is 24.3 Å². The Morgan fingerprint density at radius 2 is 0.792 bits per heavy atom. The molecule has 0 saturated heterocycles.